The third kappa shape index (κ3) is 4.15. The van der Waals surface area contributed by atoms with Gasteiger partial charge in [0.05, 0.1) is 36.8 Å². The Bertz CT molecular complexity index is 1320. The van der Waals surface area contributed by atoms with E-state index in [4.69, 9.17) is 15.5 Å². The molecular formula is C30H36N4O4. The minimum absolute atomic E-state index is 0.0319. The zero-order valence-corrected chi connectivity index (χ0v) is 22.1. The number of benzene rings is 2. The topological polar surface area (TPSA) is 117 Å². The summed E-state index contributed by atoms with van der Waals surface area (Å²) in [6, 6.07) is 10.9. The molecule has 1 aliphatic carbocycles. The second-order valence-corrected chi connectivity index (χ2v) is 11.4. The Balaban J connectivity index is 1.45. The average molecular weight is 517 g/mol. The first-order valence-electron chi connectivity index (χ1n) is 13.8. The number of aliphatic hydroxyl groups is 1. The van der Waals surface area contributed by atoms with Crippen molar-refractivity contribution < 1.29 is 19.4 Å². The van der Waals surface area contributed by atoms with Gasteiger partial charge in [0.25, 0.3) is 5.91 Å². The summed E-state index contributed by atoms with van der Waals surface area (Å²) in [5.41, 5.74) is 10.5. The molecule has 0 fully saturated rings. The van der Waals surface area contributed by atoms with Crippen LogP contribution in [-0.4, -0.2) is 46.0 Å². The third-order valence-corrected chi connectivity index (χ3v) is 9.05. The summed E-state index contributed by atoms with van der Waals surface area (Å²) in [5, 5.41) is 13.9. The van der Waals surface area contributed by atoms with Gasteiger partial charge in [-0.2, -0.15) is 0 Å². The van der Waals surface area contributed by atoms with Gasteiger partial charge >= 0.3 is 0 Å². The van der Waals surface area contributed by atoms with Gasteiger partial charge in [0.15, 0.2) is 5.96 Å². The lowest BCUT2D eigenvalue weighted by Crippen LogP contribution is -2.53. The highest BCUT2D eigenvalue weighted by Gasteiger charge is 2.43. The molecule has 8 nitrogen and oxygen atoms in total. The molecule has 4 heterocycles. The molecule has 7 rings (SSSR count). The van der Waals surface area contributed by atoms with Crippen LogP contribution in [0.25, 0.3) is 0 Å². The zero-order valence-electron chi connectivity index (χ0n) is 22.1. The lowest BCUT2D eigenvalue weighted by atomic mass is 9.82. The quantitative estimate of drug-likeness (QED) is 0.532. The molecule has 1 unspecified atom stereocenters. The van der Waals surface area contributed by atoms with E-state index in [9.17, 15) is 14.7 Å². The minimum atomic E-state index is -0.682. The maximum absolute atomic E-state index is 13.6. The fraction of sp³-hybridized carbons (Fsp3) is 0.500. The van der Waals surface area contributed by atoms with E-state index in [2.05, 4.69) is 37.4 Å². The summed E-state index contributed by atoms with van der Waals surface area (Å²) < 4.78 is 5.89. The molecule has 2 aromatic rings. The Morgan fingerprint density at radius 1 is 1.18 bits per heavy atom. The number of hydrogen-bond acceptors (Lipinski definition) is 6. The Kier molecular flexibility index (Phi) is 6.17. The predicted octanol–water partition coefficient (Wildman–Crippen LogP) is 3.88. The molecule has 0 spiro atoms. The molecular weight excluding hydrogens is 480 g/mol. The molecule has 4 N–H and O–H groups in total. The molecule has 0 saturated carbocycles. The van der Waals surface area contributed by atoms with E-state index in [0.29, 0.717) is 37.2 Å². The second kappa shape index (κ2) is 9.42. The fourth-order valence-electron chi connectivity index (χ4n) is 6.72. The first-order chi connectivity index (χ1) is 18.3. The molecule has 0 saturated heterocycles. The number of fused-ring (bicyclic) bond motifs is 5. The number of nitrogens with zero attached hydrogens (tertiary/aromatic N) is 2. The SMILES string of the molecule is CC[C@@]12CCCC(C)c3ccc4c(c3)[C@@H](NC(=O)c3ccc5c(c3)[C@@H](CCO5)N(C(=O)C1)C(N)=N2)[C@H](O)C4. The number of guanidine groups is 1. The number of rotatable bonds is 1. The van der Waals surface area contributed by atoms with Gasteiger partial charge in [-0.05, 0) is 60.1 Å². The van der Waals surface area contributed by atoms with Crippen LogP contribution in [-0.2, 0) is 11.2 Å². The van der Waals surface area contributed by atoms with Crippen molar-refractivity contribution in [1.29, 1.82) is 0 Å². The summed E-state index contributed by atoms with van der Waals surface area (Å²) in [7, 11) is 0. The summed E-state index contributed by atoms with van der Waals surface area (Å²) >= 11 is 0. The zero-order chi connectivity index (χ0) is 26.6. The van der Waals surface area contributed by atoms with Gasteiger partial charge < -0.3 is 20.9 Å². The summed E-state index contributed by atoms with van der Waals surface area (Å²) in [6.45, 7) is 4.73. The lowest BCUT2D eigenvalue weighted by Gasteiger charge is -2.42. The molecule has 0 aromatic heterocycles. The van der Waals surface area contributed by atoms with Crippen LogP contribution in [0.1, 0.15) is 103 Å². The van der Waals surface area contributed by atoms with Crippen molar-refractivity contribution in [2.45, 2.75) is 88.4 Å². The molecule has 2 amide bonds. The van der Waals surface area contributed by atoms with Crippen molar-refractivity contribution in [1.82, 2.24) is 10.2 Å². The van der Waals surface area contributed by atoms with E-state index >= 15 is 0 Å². The van der Waals surface area contributed by atoms with Gasteiger partial charge in [0.2, 0.25) is 5.91 Å². The molecule has 6 bridgehead atoms. The van der Waals surface area contributed by atoms with E-state index in [1.54, 1.807) is 23.1 Å². The highest BCUT2D eigenvalue weighted by atomic mass is 16.5. The maximum atomic E-state index is 13.6. The first-order valence-corrected chi connectivity index (χ1v) is 13.8. The van der Waals surface area contributed by atoms with Crippen LogP contribution in [0.5, 0.6) is 5.75 Å². The smallest absolute Gasteiger partial charge is 0.251 e. The maximum Gasteiger partial charge on any atom is 0.251 e. The van der Waals surface area contributed by atoms with Crippen LogP contribution in [0.3, 0.4) is 0 Å². The fourth-order valence-corrected chi connectivity index (χ4v) is 6.72. The Morgan fingerprint density at radius 3 is 2.82 bits per heavy atom. The Morgan fingerprint density at radius 2 is 2.03 bits per heavy atom. The highest BCUT2D eigenvalue weighted by Crippen LogP contribution is 2.42. The van der Waals surface area contributed by atoms with Crippen molar-refractivity contribution in [3.8, 4) is 5.75 Å². The largest absolute Gasteiger partial charge is 0.493 e. The number of nitrogens with one attached hydrogen (secondary N) is 1. The molecule has 2 aromatic carbocycles. The van der Waals surface area contributed by atoms with Crippen LogP contribution in [0.4, 0.5) is 0 Å². The Hall–Kier alpha value is -3.39. The first kappa shape index (κ1) is 24.9. The number of amides is 2. The molecule has 200 valence electrons. The molecule has 0 radical (unpaired) electrons. The summed E-state index contributed by atoms with van der Waals surface area (Å²) in [4.78, 5) is 33.7. The number of nitrogens with two attached hydrogens (primary N) is 1. The van der Waals surface area contributed by atoms with Gasteiger partial charge in [-0.25, -0.2) is 4.99 Å². The Labute approximate surface area is 223 Å². The molecule has 5 aliphatic rings. The normalized spacial score (nSPS) is 30.7. The monoisotopic (exact) mass is 516 g/mol. The number of ether oxygens (including phenoxy) is 1. The lowest BCUT2D eigenvalue weighted by molar-refractivity contribution is -0.132. The molecule has 38 heavy (non-hydrogen) atoms. The van der Waals surface area contributed by atoms with Crippen LogP contribution >= 0.6 is 0 Å². The van der Waals surface area contributed by atoms with Crippen LogP contribution in [0, 0.1) is 0 Å². The average Bonchev–Trinajstić information content (AvgIpc) is 3.21. The van der Waals surface area contributed by atoms with Crippen molar-refractivity contribution in [3.63, 3.8) is 0 Å². The second-order valence-electron chi connectivity index (χ2n) is 11.4. The van der Waals surface area contributed by atoms with Gasteiger partial charge in [0.1, 0.15) is 5.75 Å². The number of carbonyl (C=O) groups is 2. The van der Waals surface area contributed by atoms with Crippen molar-refractivity contribution in [3.05, 3.63) is 64.2 Å². The van der Waals surface area contributed by atoms with Crippen molar-refractivity contribution in [2.75, 3.05) is 6.61 Å². The van der Waals surface area contributed by atoms with E-state index in [0.717, 1.165) is 42.4 Å². The predicted molar refractivity (Wildman–Crippen MR) is 144 cm³/mol. The summed E-state index contributed by atoms with van der Waals surface area (Å²) in [6.07, 6.45) is 4.13. The van der Waals surface area contributed by atoms with Crippen LogP contribution in [0.15, 0.2) is 41.4 Å². The molecule has 8 heteroatoms. The van der Waals surface area contributed by atoms with E-state index in [1.807, 2.05) is 0 Å². The van der Waals surface area contributed by atoms with Gasteiger partial charge in [-0.15, -0.1) is 0 Å². The molecule has 5 atom stereocenters. The van der Waals surface area contributed by atoms with E-state index in [1.165, 1.54) is 5.56 Å². The third-order valence-electron chi connectivity index (χ3n) is 9.05. The standard InChI is InChI=1S/C30H36N4O4/c1-3-30-11-4-5-17(2)18-6-7-19-15-24(35)27(21(19)13-18)32-28(37)20-8-9-25-22(14-20)23(10-12-38-25)34(26(36)16-30)29(31)33-30/h6-9,13-14,17,23-24,27,35H,3-5,10-12,15-16H2,1-2H3,(H2,31,33)(H,32,37)/t17?,23-,24-,27-,30-/m1/s1. The number of aliphatic hydroxyl groups excluding tert-OH is 1. The summed E-state index contributed by atoms with van der Waals surface area (Å²) in [5.74, 6) is 0.877. The van der Waals surface area contributed by atoms with Crippen LogP contribution in [0.2, 0.25) is 0 Å². The van der Waals surface area contributed by atoms with Crippen molar-refractivity contribution in [2.24, 2.45) is 10.7 Å². The highest BCUT2D eigenvalue weighted by molar-refractivity contribution is 6.00. The van der Waals surface area contributed by atoms with Gasteiger partial charge in [0, 0.05) is 24.0 Å². The molecule has 4 aliphatic heterocycles. The number of aliphatic imine (C=N–C) groups is 1. The number of carbonyl (C=O) groups excluding carboxylic acids is 2. The van der Waals surface area contributed by atoms with Crippen LogP contribution < -0.4 is 15.8 Å². The number of hydrogen-bond donors (Lipinski definition) is 3. The van der Waals surface area contributed by atoms with Gasteiger partial charge in [-0.3, -0.25) is 14.5 Å². The van der Waals surface area contributed by atoms with Gasteiger partial charge in [-0.1, -0.05) is 38.5 Å². The minimum Gasteiger partial charge on any atom is -0.493 e. The van der Waals surface area contributed by atoms with E-state index in [-0.39, 0.29) is 29.7 Å². The van der Waals surface area contributed by atoms with E-state index < -0.39 is 17.7 Å². The van der Waals surface area contributed by atoms with Crippen molar-refractivity contribution >= 4 is 17.8 Å².